The Morgan fingerprint density at radius 3 is 2.55 bits per heavy atom. The Kier molecular flexibility index (Phi) is 5.25. The van der Waals surface area contributed by atoms with Crippen LogP contribution in [0, 0.1) is 11.3 Å². The summed E-state index contributed by atoms with van der Waals surface area (Å²) < 4.78 is 2.20. The lowest BCUT2D eigenvalue weighted by Crippen LogP contribution is -2.39. The van der Waals surface area contributed by atoms with Crippen LogP contribution in [0.5, 0.6) is 0 Å². The van der Waals surface area contributed by atoms with Crippen LogP contribution in [-0.4, -0.2) is 16.1 Å². The summed E-state index contributed by atoms with van der Waals surface area (Å²) in [6.07, 6.45) is 11.9. The van der Waals surface area contributed by atoms with Gasteiger partial charge in [0.05, 0.1) is 6.04 Å². The van der Waals surface area contributed by atoms with Crippen LogP contribution in [0.2, 0.25) is 0 Å². The summed E-state index contributed by atoms with van der Waals surface area (Å²) in [6.45, 7) is 8.04. The van der Waals surface area contributed by atoms with Crippen LogP contribution in [0.1, 0.15) is 71.2 Å². The van der Waals surface area contributed by atoms with E-state index in [9.17, 15) is 0 Å². The summed E-state index contributed by atoms with van der Waals surface area (Å²) in [5.41, 5.74) is 0.405. The molecule has 0 bridgehead atoms. The molecular formula is C17H31N3. The van der Waals surface area contributed by atoms with E-state index < -0.39 is 0 Å². The molecule has 3 nitrogen and oxygen atoms in total. The van der Waals surface area contributed by atoms with Gasteiger partial charge in [-0.05, 0) is 43.6 Å². The summed E-state index contributed by atoms with van der Waals surface area (Å²) in [5.74, 6) is 1.97. The Morgan fingerprint density at radius 2 is 2.05 bits per heavy atom. The first-order valence-electron chi connectivity index (χ1n) is 8.29. The van der Waals surface area contributed by atoms with Gasteiger partial charge in [0.15, 0.2) is 0 Å². The third-order valence-electron chi connectivity index (χ3n) is 4.74. The fourth-order valence-corrected chi connectivity index (χ4v) is 4.03. The molecule has 1 unspecified atom stereocenters. The number of rotatable bonds is 7. The number of aromatic nitrogens is 2. The van der Waals surface area contributed by atoms with Gasteiger partial charge in [0.1, 0.15) is 5.82 Å². The highest BCUT2D eigenvalue weighted by Crippen LogP contribution is 2.51. The van der Waals surface area contributed by atoms with Gasteiger partial charge in [0.25, 0.3) is 0 Å². The largest absolute Gasteiger partial charge is 0.337 e. The van der Waals surface area contributed by atoms with E-state index >= 15 is 0 Å². The highest BCUT2D eigenvalue weighted by molar-refractivity contribution is 5.08. The van der Waals surface area contributed by atoms with E-state index in [0.29, 0.717) is 11.5 Å². The molecule has 0 amide bonds. The van der Waals surface area contributed by atoms with Crippen molar-refractivity contribution in [2.75, 3.05) is 6.54 Å². The van der Waals surface area contributed by atoms with Crippen molar-refractivity contribution in [2.24, 2.45) is 18.4 Å². The zero-order valence-corrected chi connectivity index (χ0v) is 13.7. The van der Waals surface area contributed by atoms with Gasteiger partial charge in [0, 0.05) is 19.4 Å². The molecule has 1 atom stereocenters. The van der Waals surface area contributed by atoms with Crippen molar-refractivity contribution in [1.29, 1.82) is 0 Å². The minimum Gasteiger partial charge on any atom is -0.337 e. The molecule has 1 fully saturated rings. The molecule has 1 aromatic heterocycles. The Hall–Kier alpha value is -0.830. The second-order valence-corrected chi connectivity index (χ2v) is 6.95. The van der Waals surface area contributed by atoms with Crippen LogP contribution < -0.4 is 5.32 Å². The molecular weight excluding hydrogens is 246 g/mol. The third-order valence-corrected chi connectivity index (χ3v) is 4.74. The lowest BCUT2D eigenvalue weighted by molar-refractivity contribution is 0.147. The number of imidazole rings is 1. The molecule has 0 saturated heterocycles. The van der Waals surface area contributed by atoms with Crippen molar-refractivity contribution in [3.05, 3.63) is 18.2 Å². The van der Waals surface area contributed by atoms with Crippen molar-refractivity contribution in [3.63, 3.8) is 0 Å². The van der Waals surface area contributed by atoms with E-state index in [4.69, 9.17) is 0 Å². The van der Waals surface area contributed by atoms with Crippen molar-refractivity contribution in [2.45, 2.75) is 65.3 Å². The maximum Gasteiger partial charge on any atom is 0.126 e. The topological polar surface area (TPSA) is 29.9 Å². The van der Waals surface area contributed by atoms with Gasteiger partial charge in [0.2, 0.25) is 0 Å². The summed E-state index contributed by atoms with van der Waals surface area (Å²) >= 11 is 0. The lowest BCUT2D eigenvalue weighted by Gasteiger charge is -2.39. The van der Waals surface area contributed by atoms with E-state index in [1.165, 1.54) is 44.3 Å². The second kappa shape index (κ2) is 6.75. The standard InChI is InChI=1S/C17H31N3/c1-5-10-18-15(16-19-11-12-20(16)4)17(13-14(2)3)8-6-7-9-17/h11-12,14-15,18H,5-10,13H2,1-4H3. The average Bonchev–Trinajstić information content (AvgIpc) is 3.00. The second-order valence-electron chi connectivity index (χ2n) is 6.95. The van der Waals surface area contributed by atoms with Crippen LogP contribution >= 0.6 is 0 Å². The zero-order chi connectivity index (χ0) is 14.6. The van der Waals surface area contributed by atoms with Crippen molar-refractivity contribution in [3.8, 4) is 0 Å². The van der Waals surface area contributed by atoms with Crippen LogP contribution in [-0.2, 0) is 7.05 Å². The monoisotopic (exact) mass is 277 g/mol. The predicted molar refractivity (Wildman–Crippen MR) is 84.6 cm³/mol. The Balaban J connectivity index is 2.29. The summed E-state index contributed by atoms with van der Waals surface area (Å²) in [4.78, 5) is 4.67. The van der Waals surface area contributed by atoms with Crippen molar-refractivity contribution >= 4 is 0 Å². The molecule has 0 aromatic carbocycles. The number of aryl methyl sites for hydroxylation is 1. The minimum absolute atomic E-state index is 0.405. The lowest BCUT2D eigenvalue weighted by atomic mass is 9.72. The Labute approximate surface area is 124 Å². The van der Waals surface area contributed by atoms with E-state index in [-0.39, 0.29) is 0 Å². The molecule has 1 heterocycles. The first-order valence-corrected chi connectivity index (χ1v) is 8.29. The first kappa shape index (κ1) is 15.6. The molecule has 2 rings (SSSR count). The van der Waals surface area contributed by atoms with Crippen LogP contribution in [0.25, 0.3) is 0 Å². The molecule has 1 N–H and O–H groups in total. The normalized spacial score (nSPS) is 19.6. The van der Waals surface area contributed by atoms with Gasteiger partial charge in [-0.15, -0.1) is 0 Å². The maximum absolute atomic E-state index is 4.67. The van der Waals surface area contributed by atoms with E-state index in [0.717, 1.165) is 12.5 Å². The van der Waals surface area contributed by atoms with Gasteiger partial charge in [-0.3, -0.25) is 0 Å². The number of hydrogen-bond acceptors (Lipinski definition) is 2. The maximum atomic E-state index is 4.67. The molecule has 1 saturated carbocycles. The molecule has 114 valence electrons. The summed E-state index contributed by atoms with van der Waals surface area (Å²) in [5, 5.41) is 3.82. The van der Waals surface area contributed by atoms with Crippen LogP contribution in [0.4, 0.5) is 0 Å². The smallest absolute Gasteiger partial charge is 0.126 e. The minimum atomic E-state index is 0.405. The van der Waals surface area contributed by atoms with Gasteiger partial charge >= 0.3 is 0 Å². The van der Waals surface area contributed by atoms with E-state index in [1.54, 1.807) is 0 Å². The fourth-order valence-electron chi connectivity index (χ4n) is 4.03. The average molecular weight is 277 g/mol. The molecule has 3 heteroatoms. The number of nitrogens with zero attached hydrogens (tertiary/aromatic N) is 2. The van der Waals surface area contributed by atoms with Gasteiger partial charge in [-0.1, -0.05) is 33.6 Å². The summed E-state index contributed by atoms with van der Waals surface area (Å²) in [6, 6.07) is 0.410. The Bertz CT molecular complexity index is 402. The van der Waals surface area contributed by atoms with Gasteiger partial charge in [-0.25, -0.2) is 4.98 Å². The van der Waals surface area contributed by atoms with Crippen LogP contribution in [0.3, 0.4) is 0 Å². The first-order chi connectivity index (χ1) is 9.59. The number of hydrogen-bond donors (Lipinski definition) is 1. The van der Waals surface area contributed by atoms with E-state index in [2.05, 4.69) is 48.9 Å². The third kappa shape index (κ3) is 3.25. The predicted octanol–water partition coefficient (Wildman–Crippen LogP) is 4.07. The zero-order valence-electron chi connectivity index (χ0n) is 13.7. The quantitative estimate of drug-likeness (QED) is 0.814. The van der Waals surface area contributed by atoms with Gasteiger partial charge < -0.3 is 9.88 Å². The molecule has 0 aliphatic heterocycles. The van der Waals surface area contributed by atoms with Crippen molar-refractivity contribution < 1.29 is 0 Å². The van der Waals surface area contributed by atoms with Crippen molar-refractivity contribution in [1.82, 2.24) is 14.9 Å². The molecule has 20 heavy (non-hydrogen) atoms. The van der Waals surface area contributed by atoms with Crippen LogP contribution in [0.15, 0.2) is 12.4 Å². The highest BCUT2D eigenvalue weighted by Gasteiger charge is 2.43. The molecule has 1 aromatic rings. The molecule has 1 aliphatic rings. The molecule has 1 aliphatic carbocycles. The highest BCUT2D eigenvalue weighted by atomic mass is 15.1. The molecule has 0 radical (unpaired) electrons. The fraction of sp³-hybridized carbons (Fsp3) is 0.824. The van der Waals surface area contributed by atoms with E-state index in [1.807, 2.05) is 6.20 Å². The SMILES string of the molecule is CCCNC(c1nccn1C)C1(CC(C)C)CCCC1. The number of nitrogens with one attached hydrogen (secondary N) is 1. The molecule has 0 spiro atoms. The van der Waals surface area contributed by atoms with Gasteiger partial charge in [-0.2, -0.15) is 0 Å². The summed E-state index contributed by atoms with van der Waals surface area (Å²) in [7, 11) is 2.13. The Morgan fingerprint density at radius 1 is 1.35 bits per heavy atom.